The zero-order chi connectivity index (χ0) is 32.7. The Kier molecular flexibility index (Phi) is 14.7. The average Bonchev–Trinajstić information content (AvgIpc) is 3.45. The second-order valence-electron chi connectivity index (χ2n) is 7.40. The Morgan fingerprint density at radius 3 is 1.17 bits per heavy atom. The van der Waals surface area contributed by atoms with E-state index in [1.807, 2.05) is 6.08 Å². The van der Waals surface area contributed by atoms with Crippen molar-refractivity contribution >= 4 is 47.8 Å². The van der Waals surface area contributed by atoms with Gasteiger partial charge in [-0.05, 0) is 23.3 Å². The van der Waals surface area contributed by atoms with Crippen molar-refractivity contribution in [3.8, 4) is 11.5 Å². The van der Waals surface area contributed by atoms with Crippen LogP contribution in [-0.2, 0) is 43.1 Å². The van der Waals surface area contributed by atoms with Crippen molar-refractivity contribution in [2.24, 2.45) is 0 Å². The van der Waals surface area contributed by atoms with Crippen molar-refractivity contribution in [1.29, 1.82) is 0 Å². The minimum atomic E-state index is -1.82. The highest BCUT2D eigenvalue weighted by atomic mass is 16.7. The molecular formula is C22H23NO19. The van der Waals surface area contributed by atoms with Crippen molar-refractivity contribution in [3.63, 3.8) is 0 Å². The second-order valence-corrected chi connectivity index (χ2v) is 7.40. The molecule has 1 fully saturated rings. The van der Waals surface area contributed by atoms with Crippen molar-refractivity contribution in [1.82, 2.24) is 4.90 Å². The molecule has 20 nitrogen and oxygen atoms in total. The molecule has 42 heavy (non-hydrogen) atoms. The van der Waals surface area contributed by atoms with Gasteiger partial charge in [0.1, 0.15) is 0 Å². The second kappa shape index (κ2) is 17.0. The number of morpholine rings is 1. The number of hydrogen-bond donors (Lipinski definition) is 8. The summed E-state index contributed by atoms with van der Waals surface area (Å²) in [6.45, 7) is 6.90. The fraction of sp³-hybridized carbons (Fsp3) is 0.273. The van der Waals surface area contributed by atoms with Crippen LogP contribution in [0.4, 0.5) is 0 Å². The lowest BCUT2D eigenvalue weighted by molar-refractivity contribution is -0.159. The number of benzene rings is 1. The molecule has 0 amide bonds. The van der Waals surface area contributed by atoms with E-state index in [0.29, 0.717) is 6.79 Å². The third-order valence-electron chi connectivity index (χ3n) is 4.57. The third-order valence-corrected chi connectivity index (χ3v) is 4.57. The summed E-state index contributed by atoms with van der Waals surface area (Å²) in [6.07, 6.45) is 2.27. The average molecular weight is 605 g/mol. The minimum Gasteiger partial charge on any atom is -0.473 e. The molecular weight excluding hydrogens is 582 g/mol. The Labute approximate surface area is 232 Å². The molecule has 1 aromatic rings. The van der Waals surface area contributed by atoms with Gasteiger partial charge in [0.05, 0.1) is 12.2 Å². The molecule has 3 heterocycles. The molecule has 230 valence electrons. The maximum absolute atomic E-state index is 9.10. The number of ether oxygens (including phenoxy) is 3. The maximum atomic E-state index is 9.10. The first-order valence-electron chi connectivity index (χ1n) is 10.7. The van der Waals surface area contributed by atoms with E-state index in [1.54, 1.807) is 0 Å². The van der Waals surface area contributed by atoms with E-state index in [4.69, 9.17) is 93.4 Å². The Morgan fingerprint density at radius 1 is 0.643 bits per heavy atom. The molecule has 1 aromatic carbocycles. The molecule has 3 aliphatic rings. The zero-order valence-electron chi connectivity index (χ0n) is 20.9. The number of hydrogen-bond acceptors (Lipinski definition) is 12. The van der Waals surface area contributed by atoms with Gasteiger partial charge in [0, 0.05) is 19.6 Å². The van der Waals surface area contributed by atoms with Crippen LogP contribution in [-0.4, -0.2) is 120 Å². The number of carboxylic acid groups (broad SMARTS) is 8. The summed E-state index contributed by atoms with van der Waals surface area (Å²) >= 11 is 0. The number of carbonyl (C=O) groups is 8. The first-order chi connectivity index (χ1) is 19.4. The molecule has 2 unspecified atom stereocenters. The minimum absolute atomic E-state index is 0.160. The third kappa shape index (κ3) is 12.4. The normalized spacial score (nSPS) is 16.3. The number of fused-ring (bicyclic) bond motifs is 6. The lowest BCUT2D eigenvalue weighted by atomic mass is 10.0. The van der Waals surface area contributed by atoms with Crippen LogP contribution in [0.5, 0.6) is 11.5 Å². The highest BCUT2D eigenvalue weighted by molar-refractivity contribution is 6.28. The van der Waals surface area contributed by atoms with Gasteiger partial charge < -0.3 is 55.1 Å². The molecule has 0 saturated carbocycles. The molecule has 0 aliphatic carbocycles. The smallest absolute Gasteiger partial charge is 0.414 e. The standard InChI is InChI=1S/C14H15NO3.4C2H2O4/c1-2-3-15-6-13-9-4-11-12(17-8-16-11)5-10(9)14(7-15)18-13;4*3-1(4)2(5)6/h2,4-5,13-14H,1,3,6-8H2;4*(H,3,4)(H,5,6). The van der Waals surface area contributed by atoms with E-state index in [9.17, 15) is 0 Å². The Hall–Kier alpha value is -5.76. The van der Waals surface area contributed by atoms with E-state index in [2.05, 4.69) is 23.6 Å². The summed E-state index contributed by atoms with van der Waals surface area (Å²) < 4.78 is 16.9. The number of carboxylic acids is 8. The largest absolute Gasteiger partial charge is 0.473 e. The van der Waals surface area contributed by atoms with Gasteiger partial charge in [0.2, 0.25) is 6.79 Å². The molecule has 0 radical (unpaired) electrons. The molecule has 0 aromatic heterocycles. The van der Waals surface area contributed by atoms with Crippen LogP contribution in [0.1, 0.15) is 23.3 Å². The lowest BCUT2D eigenvalue weighted by Crippen LogP contribution is -2.36. The molecule has 4 rings (SSSR count). The number of rotatable bonds is 2. The van der Waals surface area contributed by atoms with Crippen molar-refractivity contribution in [2.75, 3.05) is 26.4 Å². The van der Waals surface area contributed by atoms with Gasteiger partial charge in [0.25, 0.3) is 0 Å². The lowest BCUT2D eigenvalue weighted by Gasteiger charge is -2.31. The topological polar surface area (TPSA) is 329 Å². The molecule has 1 saturated heterocycles. The van der Waals surface area contributed by atoms with Crippen LogP contribution >= 0.6 is 0 Å². The highest BCUT2D eigenvalue weighted by Gasteiger charge is 2.39. The van der Waals surface area contributed by atoms with Gasteiger partial charge in [-0.3, -0.25) is 4.90 Å². The first-order valence-corrected chi connectivity index (χ1v) is 10.7. The van der Waals surface area contributed by atoms with Crippen LogP contribution < -0.4 is 9.47 Å². The Balaban J connectivity index is 0.000000587. The molecule has 0 spiro atoms. The van der Waals surface area contributed by atoms with Crippen LogP contribution in [0.15, 0.2) is 24.8 Å². The van der Waals surface area contributed by atoms with Gasteiger partial charge in [0.15, 0.2) is 11.5 Å². The van der Waals surface area contributed by atoms with E-state index < -0.39 is 47.8 Å². The van der Waals surface area contributed by atoms with Crippen LogP contribution in [0.3, 0.4) is 0 Å². The van der Waals surface area contributed by atoms with Gasteiger partial charge in [-0.15, -0.1) is 6.58 Å². The molecule has 8 N–H and O–H groups in total. The van der Waals surface area contributed by atoms with Gasteiger partial charge in [-0.25, -0.2) is 38.4 Å². The quantitative estimate of drug-likeness (QED) is 0.143. The van der Waals surface area contributed by atoms with E-state index in [1.165, 1.54) is 11.1 Å². The SMILES string of the molecule is C=CCN1CC2OC(C1)c1cc3c(cc12)OCO3.O=C(O)C(=O)O.O=C(O)C(=O)O.O=C(O)C(=O)O.O=C(O)C(=O)O. The van der Waals surface area contributed by atoms with E-state index >= 15 is 0 Å². The molecule has 20 heteroatoms. The van der Waals surface area contributed by atoms with Gasteiger partial charge >= 0.3 is 47.8 Å². The summed E-state index contributed by atoms with van der Waals surface area (Å²) in [7, 11) is 0. The summed E-state index contributed by atoms with van der Waals surface area (Å²) in [5, 5.41) is 59.1. The monoisotopic (exact) mass is 605 g/mol. The fourth-order valence-electron chi connectivity index (χ4n) is 3.03. The Morgan fingerprint density at radius 2 is 0.929 bits per heavy atom. The van der Waals surface area contributed by atoms with Crippen LogP contribution in [0.2, 0.25) is 0 Å². The number of nitrogens with zero attached hydrogens (tertiary/aromatic N) is 1. The fourth-order valence-corrected chi connectivity index (χ4v) is 3.03. The van der Waals surface area contributed by atoms with Crippen LogP contribution in [0, 0.1) is 0 Å². The summed E-state index contributed by atoms with van der Waals surface area (Å²) in [5.41, 5.74) is 2.52. The van der Waals surface area contributed by atoms with Crippen molar-refractivity contribution in [3.05, 3.63) is 35.9 Å². The van der Waals surface area contributed by atoms with Crippen molar-refractivity contribution in [2.45, 2.75) is 12.2 Å². The summed E-state index contributed by atoms with van der Waals surface area (Å²) in [4.78, 5) is 75.2. The molecule has 2 bridgehead atoms. The molecule has 2 atom stereocenters. The first kappa shape index (κ1) is 36.2. The molecule has 3 aliphatic heterocycles. The summed E-state index contributed by atoms with van der Waals surface area (Å²) in [6, 6.07) is 4.17. The van der Waals surface area contributed by atoms with E-state index in [-0.39, 0.29) is 12.2 Å². The van der Waals surface area contributed by atoms with Gasteiger partial charge in [-0.2, -0.15) is 0 Å². The van der Waals surface area contributed by atoms with Gasteiger partial charge in [-0.1, -0.05) is 6.08 Å². The highest BCUT2D eigenvalue weighted by Crippen LogP contribution is 2.48. The Bertz CT molecular complexity index is 1060. The predicted molar refractivity (Wildman–Crippen MR) is 127 cm³/mol. The maximum Gasteiger partial charge on any atom is 0.414 e. The van der Waals surface area contributed by atoms with E-state index in [0.717, 1.165) is 31.1 Å². The number of aliphatic carboxylic acids is 8. The summed E-state index contributed by atoms with van der Waals surface area (Å²) in [5.74, 6) is -12.9. The predicted octanol–water partition coefficient (Wildman–Crippen LogP) is -1.35. The zero-order valence-corrected chi connectivity index (χ0v) is 20.9. The van der Waals surface area contributed by atoms with Crippen molar-refractivity contribution < 1.29 is 93.4 Å². The van der Waals surface area contributed by atoms with Crippen LogP contribution in [0.25, 0.3) is 0 Å².